The quantitative estimate of drug-likeness (QED) is 0.284. The molecule has 2 aromatic carbocycles. The van der Waals surface area contributed by atoms with Crippen molar-refractivity contribution in [2.75, 3.05) is 32.9 Å². The summed E-state index contributed by atoms with van der Waals surface area (Å²) >= 11 is 0. The van der Waals surface area contributed by atoms with E-state index in [9.17, 15) is 10.1 Å². The molecule has 0 aliphatic carbocycles. The lowest BCUT2D eigenvalue weighted by Crippen LogP contribution is -2.41. The van der Waals surface area contributed by atoms with Crippen LogP contribution in [0.5, 0.6) is 5.75 Å². The van der Waals surface area contributed by atoms with E-state index < -0.39 is 0 Å². The summed E-state index contributed by atoms with van der Waals surface area (Å²) in [5.74, 6) is 0.473. The second kappa shape index (κ2) is 11.3. The average molecular weight is 457 g/mol. The van der Waals surface area contributed by atoms with Gasteiger partial charge in [0, 0.05) is 30.4 Å². The number of unbranched alkanes of at least 4 members (excludes halogenated alkanes) is 1. The van der Waals surface area contributed by atoms with Gasteiger partial charge in [-0.15, -0.1) is 0 Å². The number of hydrogen-bond donors (Lipinski definition) is 0. The molecule has 34 heavy (non-hydrogen) atoms. The average Bonchev–Trinajstić information content (AvgIpc) is 3.32. The predicted molar refractivity (Wildman–Crippen MR) is 130 cm³/mol. The summed E-state index contributed by atoms with van der Waals surface area (Å²) in [5.41, 5.74) is 3.17. The van der Waals surface area contributed by atoms with Gasteiger partial charge in [0.25, 0.3) is 5.91 Å². The normalized spacial score (nSPS) is 14.0. The van der Waals surface area contributed by atoms with Crippen molar-refractivity contribution in [2.24, 2.45) is 0 Å². The SMILES string of the molecule is CCCCOc1cccc(-c2nn(-c3ccccc3)cc2C=C(C#N)C(=O)N2CCOCC2)c1. The van der Waals surface area contributed by atoms with Crippen LogP contribution in [0.2, 0.25) is 0 Å². The van der Waals surface area contributed by atoms with Crippen LogP contribution in [0.4, 0.5) is 0 Å². The highest BCUT2D eigenvalue weighted by molar-refractivity contribution is 6.02. The van der Waals surface area contributed by atoms with Crippen LogP contribution in [-0.4, -0.2) is 53.5 Å². The zero-order valence-corrected chi connectivity index (χ0v) is 19.3. The fourth-order valence-corrected chi connectivity index (χ4v) is 3.73. The van der Waals surface area contributed by atoms with E-state index in [0.29, 0.717) is 44.2 Å². The Morgan fingerprint density at radius 2 is 1.97 bits per heavy atom. The Morgan fingerprint density at radius 1 is 1.18 bits per heavy atom. The van der Waals surface area contributed by atoms with Gasteiger partial charge >= 0.3 is 0 Å². The molecule has 1 aliphatic heterocycles. The van der Waals surface area contributed by atoms with Gasteiger partial charge in [-0.3, -0.25) is 4.79 Å². The van der Waals surface area contributed by atoms with Gasteiger partial charge in [0.15, 0.2) is 0 Å². The molecule has 1 fully saturated rings. The number of carbonyl (C=O) groups is 1. The molecule has 0 unspecified atom stereocenters. The van der Waals surface area contributed by atoms with Gasteiger partial charge in [0.2, 0.25) is 0 Å². The van der Waals surface area contributed by atoms with Gasteiger partial charge in [-0.1, -0.05) is 43.7 Å². The molecule has 0 atom stereocenters. The third-order valence-electron chi connectivity index (χ3n) is 5.59. The number of morpholine rings is 1. The van der Waals surface area contributed by atoms with Crippen molar-refractivity contribution < 1.29 is 14.3 Å². The molecule has 0 radical (unpaired) electrons. The van der Waals surface area contributed by atoms with Crippen LogP contribution >= 0.6 is 0 Å². The lowest BCUT2D eigenvalue weighted by atomic mass is 10.1. The second-order valence-electron chi connectivity index (χ2n) is 8.02. The number of rotatable bonds is 8. The number of nitrogens with zero attached hydrogens (tertiary/aromatic N) is 4. The molecule has 1 amide bonds. The zero-order valence-electron chi connectivity index (χ0n) is 19.3. The van der Waals surface area contributed by atoms with Gasteiger partial charge in [0.05, 0.1) is 25.5 Å². The maximum Gasteiger partial charge on any atom is 0.264 e. The molecule has 0 bridgehead atoms. The second-order valence-corrected chi connectivity index (χ2v) is 8.02. The summed E-state index contributed by atoms with van der Waals surface area (Å²) in [6, 6.07) is 19.6. The lowest BCUT2D eigenvalue weighted by molar-refractivity contribution is -0.130. The molecule has 7 heteroatoms. The van der Waals surface area contributed by atoms with E-state index in [0.717, 1.165) is 29.8 Å². The smallest absolute Gasteiger partial charge is 0.264 e. The molecule has 1 aliphatic rings. The minimum Gasteiger partial charge on any atom is -0.494 e. The summed E-state index contributed by atoms with van der Waals surface area (Å²) in [5, 5.41) is 14.6. The maximum absolute atomic E-state index is 13.0. The first-order valence-electron chi connectivity index (χ1n) is 11.6. The Hall–Kier alpha value is -3.89. The fourth-order valence-electron chi connectivity index (χ4n) is 3.73. The van der Waals surface area contributed by atoms with E-state index in [1.54, 1.807) is 15.7 Å². The highest BCUT2D eigenvalue weighted by Gasteiger charge is 2.22. The number of hydrogen-bond acceptors (Lipinski definition) is 5. The number of amides is 1. The van der Waals surface area contributed by atoms with E-state index >= 15 is 0 Å². The number of carbonyl (C=O) groups excluding carboxylic acids is 1. The van der Waals surface area contributed by atoms with Gasteiger partial charge in [0.1, 0.15) is 23.1 Å². The van der Waals surface area contributed by atoms with Crippen molar-refractivity contribution in [1.29, 1.82) is 5.26 Å². The van der Waals surface area contributed by atoms with Crippen LogP contribution in [0, 0.1) is 11.3 Å². The number of para-hydroxylation sites is 1. The standard InChI is InChI=1S/C27H28N4O3/c1-2-3-14-34-25-11-7-8-21(18-25)26-23(20-31(29-26)24-9-5-4-6-10-24)17-22(19-28)27(32)30-12-15-33-16-13-30/h4-11,17-18,20H,2-3,12-16H2,1H3. The largest absolute Gasteiger partial charge is 0.494 e. The summed E-state index contributed by atoms with van der Waals surface area (Å²) < 4.78 is 13.0. The summed E-state index contributed by atoms with van der Waals surface area (Å²) in [6.07, 6.45) is 5.52. The third-order valence-corrected chi connectivity index (χ3v) is 5.59. The summed E-state index contributed by atoms with van der Waals surface area (Å²) in [6.45, 7) is 4.69. The molecule has 7 nitrogen and oxygen atoms in total. The van der Waals surface area contributed by atoms with Crippen molar-refractivity contribution in [1.82, 2.24) is 14.7 Å². The molecule has 3 aromatic rings. The molecule has 174 valence electrons. The van der Waals surface area contributed by atoms with E-state index in [1.807, 2.05) is 60.8 Å². The lowest BCUT2D eigenvalue weighted by Gasteiger charge is -2.26. The first-order chi connectivity index (χ1) is 16.7. The van der Waals surface area contributed by atoms with Crippen molar-refractivity contribution in [2.45, 2.75) is 19.8 Å². The minimum absolute atomic E-state index is 0.0751. The highest BCUT2D eigenvalue weighted by Crippen LogP contribution is 2.29. The molecular formula is C27H28N4O3. The van der Waals surface area contributed by atoms with Gasteiger partial charge in [-0.05, 0) is 36.8 Å². The molecule has 4 rings (SSSR count). The van der Waals surface area contributed by atoms with Crippen LogP contribution in [0.15, 0.2) is 66.4 Å². The Balaban J connectivity index is 1.73. The molecule has 2 heterocycles. The monoisotopic (exact) mass is 456 g/mol. The molecule has 0 N–H and O–H groups in total. The Labute approximate surface area is 199 Å². The van der Waals surface area contributed by atoms with Gasteiger partial charge in [-0.2, -0.15) is 10.4 Å². The van der Waals surface area contributed by atoms with Crippen LogP contribution in [0.3, 0.4) is 0 Å². The Morgan fingerprint density at radius 3 is 2.71 bits per heavy atom. The van der Waals surface area contributed by atoms with E-state index in [2.05, 4.69) is 13.0 Å². The topological polar surface area (TPSA) is 80.4 Å². The van der Waals surface area contributed by atoms with Crippen molar-refractivity contribution in [3.63, 3.8) is 0 Å². The number of ether oxygens (including phenoxy) is 2. The molecule has 0 spiro atoms. The molecular weight excluding hydrogens is 428 g/mol. The van der Waals surface area contributed by atoms with Crippen LogP contribution in [0.1, 0.15) is 25.3 Å². The molecule has 1 saturated heterocycles. The minimum atomic E-state index is -0.291. The van der Waals surface area contributed by atoms with Crippen LogP contribution in [0.25, 0.3) is 23.0 Å². The number of benzene rings is 2. The first kappa shape index (κ1) is 23.3. The Kier molecular flexibility index (Phi) is 7.74. The fraction of sp³-hybridized carbons (Fsp3) is 0.296. The highest BCUT2D eigenvalue weighted by atomic mass is 16.5. The first-order valence-corrected chi connectivity index (χ1v) is 11.6. The molecule has 0 saturated carbocycles. The van der Waals surface area contributed by atoms with E-state index in [4.69, 9.17) is 14.6 Å². The summed E-state index contributed by atoms with van der Waals surface area (Å²) in [7, 11) is 0. The zero-order chi connectivity index (χ0) is 23.8. The van der Waals surface area contributed by atoms with Crippen LogP contribution in [-0.2, 0) is 9.53 Å². The maximum atomic E-state index is 13.0. The molecule has 1 aromatic heterocycles. The van der Waals surface area contributed by atoms with Crippen LogP contribution < -0.4 is 4.74 Å². The van der Waals surface area contributed by atoms with Crippen molar-refractivity contribution in [3.05, 3.63) is 71.9 Å². The van der Waals surface area contributed by atoms with Gasteiger partial charge in [-0.25, -0.2) is 4.68 Å². The van der Waals surface area contributed by atoms with Crippen molar-refractivity contribution >= 4 is 12.0 Å². The predicted octanol–water partition coefficient (Wildman–Crippen LogP) is 4.48. The Bertz CT molecular complexity index is 1190. The number of aromatic nitrogens is 2. The van der Waals surface area contributed by atoms with E-state index in [1.165, 1.54) is 0 Å². The number of nitriles is 1. The third kappa shape index (κ3) is 5.53. The van der Waals surface area contributed by atoms with E-state index in [-0.39, 0.29) is 11.5 Å². The van der Waals surface area contributed by atoms with Crippen molar-refractivity contribution in [3.8, 4) is 28.8 Å². The van der Waals surface area contributed by atoms with Gasteiger partial charge < -0.3 is 14.4 Å². The summed E-state index contributed by atoms with van der Waals surface area (Å²) in [4.78, 5) is 14.6.